The predicted molar refractivity (Wildman–Crippen MR) is 94.7 cm³/mol. The summed E-state index contributed by atoms with van der Waals surface area (Å²) >= 11 is 0. The summed E-state index contributed by atoms with van der Waals surface area (Å²) in [6, 6.07) is 1.79. The number of rotatable bonds is 2. The van der Waals surface area contributed by atoms with Crippen LogP contribution in [0.25, 0.3) is 0 Å². The number of aromatic nitrogens is 4. The van der Waals surface area contributed by atoms with Crippen molar-refractivity contribution in [2.24, 2.45) is 7.05 Å². The Labute approximate surface area is 147 Å². The first kappa shape index (κ1) is 16.1. The summed E-state index contributed by atoms with van der Waals surface area (Å²) in [7, 11) is 5.74. The molecule has 1 fully saturated rings. The normalized spacial score (nSPS) is 22.3. The van der Waals surface area contributed by atoms with Crippen LogP contribution in [0.15, 0.2) is 18.5 Å². The second kappa shape index (κ2) is 5.82. The van der Waals surface area contributed by atoms with Crippen LogP contribution in [0.5, 0.6) is 0 Å². The first-order chi connectivity index (χ1) is 12.0. The molecule has 4 rings (SSSR count). The Morgan fingerprint density at radius 3 is 2.88 bits per heavy atom. The second-order valence-corrected chi connectivity index (χ2v) is 7.39. The van der Waals surface area contributed by atoms with Crippen molar-refractivity contribution in [2.75, 3.05) is 32.1 Å². The van der Waals surface area contributed by atoms with Crippen LogP contribution in [0, 0.1) is 0 Å². The third-order valence-electron chi connectivity index (χ3n) is 5.53. The van der Waals surface area contributed by atoms with E-state index in [1.165, 1.54) is 5.56 Å². The van der Waals surface area contributed by atoms with Crippen molar-refractivity contribution < 1.29 is 4.79 Å². The van der Waals surface area contributed by atoms with Gasteiger partial charge in [0.15, 0.2) is 0 Å². The minimum atomic E-state index is -0.0322. The number of fused-ring (bicyclic) bond motifs is 2. The molecule has 1 unspecified atom stereocenters. The second-order valence-electron chi connectivity index (χ2n) is 7.39. The van der Waals surface area contributed by atoms with Crippen molar-refractivity contribution in [2.45, 2.75) is 31.1 Å². The fourth-order valence-corrected chi connectivity index (χ4v) is 4.20. The zero-order chi connectivity index (χ0) is 17.6. The average Bonchev–Trinajstić information content (AvgIpc) is 3.19. The molecular weight excluding hydrogens is 316 g/mol. The van der Waals surface area contributed by atoms with E-state index >= 15 is 0 Å². The molecule has 0 bridgehead atoms. The first-order valence-electron chi connectivity index (χ1n) is 8.81. The Morgan fingerprint density at radius 2 is 2.16 bits per heavy atom. The molecule has 7 nitrogen and oxygen atoms in total. The number of piperidine rings is 1. The molecule has 1 spiro atoms. The van der Waals surface area contributed by atoms with Crippen LogP contribution in [-0.2, 0) is 18.9 Å². The molecule has 0 aromatic carbocycles. The van der Waals surface area contributed by atoms with Gasteiger partial charge in [0.2, 0.25) is 5.95 Å². The third-order valence-corrected chi connectivity index (χ3v) is 5.53. The zero-order valence-electron chi connectivity index (χ0n) is 15.1. The quantitative estimate of drug-likeness (QED) is 0.827. The third kappa shape index (κ3) is 2.58. The predicted octanol–water partition coefficient (Wildman–Crippen LogP) is 1.40. The van der Waals surface area contributed by atoms with Gasteiger partial charge in [0.1, 0.15) is 5.69 Å². The monoisotopic (exact) mass is 340 g/mol. The van der Waals surface area contributed by atoms with Gasteiger partial charge in [-0.15, -0.1) is 0 Å². The number of anilines is 1. The molecule has 1 aliphatic carbocycles. The van der Waals surface area contributed by atoms with Crippen LogP contribution >= 0.6 is 0 Å². The van der Waals surface area contributed by atoms with Crippen LogP contribution < -0.4 is 4.90 Å². The largest absolute Gasteiger partial charge is 0.347 e. The summed E-state index contributed by atoms with van der Waals surface area (Å²) in [5, 5.41) is 4.13. The van der Waals surface area contributed by atoms with Crippen molar-refractivity contribution in [3.63, 3.8) is 0 Å². The Bertz CT molecular complexity index is 810. The minimum absolute atomic E-state index is 0.0322. The first-order valence-corrected chi connectivity index (χ1v) is 8.81. The Morgan fingerprint density at radius 1 is 1.32 bits per heavy atom. The number of nitrogens with zero attached hydrogens (tertiary/aromatic N) is 6. The highest BCUT2D eigenvalue weighted by atomic mass is 16.2. The number of likely N-dealkylation sites (tertiary alicyclic amines) is 1. The van der Waals surface area contributed by atoms with E-state index in [-0.39, 0.29) is 11.3 Å². The van der Waals surface area contributed by atoms with Gasteiger partial charge >= 0.3 is 0 Å². The molecule has 1 saturated heterocycles. The van der Waals surface area contributed by atoms with Crippen molar-refractivity contribution in [3.05, 3.63) is 35.4 Å². The summed E-state index contributed by atoms with van der Waals surface area (Å²) < 4.78 is 1.65. The topological polar surface area (TPSA) is 67.2 Å². The van der Waals surface area contributed by atoms with Gasteiger partial charge in [-0.3, -0.25) is 9.48 Å². The van der Waals surface area contributed by atoms with E-state index in [4.69, 9.17) is 4.98 Å². The lowest BCUT2D eigenvalue weighted by Gasteiger charge is -2.40. The molecule has 0 N–H and O–H groups in total. The SMILES string of the molecule is CN(C)c1ncc2c(n1)C1(CCCN(C(=O)c3ccnn3C)C1)CC2. The van der Waals surface area contributed by atoms with Gasteiger partial charge in [0, 0.05) is 52.0 Å². The smallest absolute Gasteiger partial charge is 0.272 e. The molecule has 2 aliphatic rings. The van der Waals surface area contributed by atoms with E-state index in [1.54, 1.807) is 16.9 Å². The van der Waals surface area contributed by atoms with Gasteiger partial charge in [0.05, 0.1) is 5.69 Å². The zero-order valence-corrected chi connectivity index (χ0v) is 15.1. The number of hydrogen-bond donors (Lipinski definition) is 0. The van der Waals surface area contributed by atoms with Crippen molar-refractivity contribution in [1.82, 2.24) is 24.6 Å². The van der Waals surface area contributed by atoms with Gasteiger partial charge < -0.3 is 9.80 Å². The standard InChI is InChI=1S/C18H24N6O/c1-22(2)17-19-11-13-5-8-18(15(13)21-17)7-4-10-24(12-18)16(25)14-6-9-20-23(14)3/h6,9,11H,4-5,7-8,10,12H2,1-3H3. The molecular formula is C18H24N6O. The fourth-order valence-electron chi connectivity index (χ4n) is 4.20. The molecule has 25 heavy (non-hydrogen) atoms. The highest BCUT2D eigenvalue weighted by Crippen LogP contribution is 2.44. The molecule has 1 atom stereocenters. The van der Waals surface area contributed by atoms with Gasteiger partial charge in [-0.1, -0.05) is 0 Å². The molecule has 132 valence electrons. The number of aryl methyl sites for hydroxylation is 2. The van der Waals surface area contributed by atoms with E-state index in [0.29, 0.717) is 5.69 Å². The van der Waals surface area contributed by atoms with E-state index < -0.39 is 0 Å². The molecule has 3 heterocycles. The lowest BCUT2D eigenvalue weighted by atomic mass is 9.77. The summed E-state index contributed by atoms with van der Waals surface area (Å²) in [6.07, 6.45) is 7.77. The van der Waals surface area contributed by atoms with Gasteiger partial charge in [-0.25, -0.2) is 9.97 Å². The van der Waals surface area contributed by atoms with E-state index in [9.17, 15) is 4.79 Å². The molecule has 0 saturated carbocycles. The van der Waals surface area contributed by atoms with E-state index in [1.807, 2.05) is 37.1 Å². The highest BCUT2D eigenvalue weighted by Gasteiger charge is 2.45. The van der Waals surface area contributed by atoms with Gasteiger partial charge in [-0.2, -0.15) is 5.10 Å². The fraction of sp³-hybridized carbons (Fsp3) is 0.556. The Hall–Kier alpha value is -2.44. The molecule has 2 aromatic rings. The van der Waals surface area contributed by atoms with Crippen molar-refractivity contribution in [1.29, 1.82) is 0 Å². The number of carbonyl (C=O) groups is 1. The van der Waals surface area contributed by atoms with Gasteiger partial charge in [0.25, 0.3) is 5.91 Å². The molecule has 0 radical (unpaired) electrons. The summed E-state index contributed by atoms with van der Waals surface area (Å²) in [4.78, 5) is 26.2. The van der Waals surface area contributed by atoms with E-state index in [0.717, 1.165) is 50.4 Å². The van der Waals surface area contributed by atoms with Crippen LogP contribution in [-0.4, -0.2) is 57.7 Å². The Balaban J connectivity index is 1.65. The maximum Gasteiger partial charge on any atom is 0.272 e. The lowest BCUT2D eigenvalue weighted by Crippen LogP contribution is -2.48. The van der Waals surface area contributed by atoms with Gasteiger partial charge in [-0.05, 0) is 37.3 Å². The molecule has 1 aliphatic heterocycles. The van der Waals surface area contributed by atoms with E-state index in [2.05, 4.69) is 10.1 Å². The van der Waals surface area contributed by atoms with Crippen molar-refractivity contribution in [3.8, 4) is 0 Å². The van der Waals surface area contributed by atoms with Crippen LogP contribution in [0.1, 0.15) is 41.0 Å². The maximum absolute atomic E-state index is 12.9. The molecule has 1 amide bonds. The van der Waals surface area contributed by atoms with Crippen LogP contribution in [0.2, 0.25) is 0 Å². The van der Waals surface area contributed by atoms with Crippen molar-refractivity contribution >= 4 is 11.9 Å². The lowest BCUT2D eigenvalue weighted by molar-refractivity contribution is 0.0622. The molecule has 2 aromatic heterocycles. The number of carbonyl (C=O) groups excluding carboxylic acids is 1. The van der Waals surface area contributed by atoms with Crippen LogP contribution in [0.3, 0.4) is 0 Å². The summed E-state index contributed by atoms with van der Waals surface area (Å²) in [6.45, 7) is 1.53. The maximum atomic E-state index is 12.9. The average molecular weight is 340 g/mol. The van der Waals surface area contributed by atoms with Crippen LogP contribution in [0.4, 0.5) is 5.95 Å². The Kier molecular flexibility index (Phi) is 3.74. The highest BCUT2D eigenvalue weighted by molar-refractivity contribution is 5.92. The molecule has 7 heteroatoms. The minimum Gasteiger partial charge on any atom is -0.347 e. The number of hydrogen-bond acceptors (Lipinski definition) is 5. The summed E-state index contributed by atoms with van der Waals surface area (Å²) in [5.74, 6) is 0.810. The number of amides is 1. The summed E-state index contributed by atoms with van der Waals surface area (Å²) in [5.41, 5.74) is 3.00.